The smallest absolute Gasteiger partial charge is 0.274 e. The van der Waals surface area contributed by atoms with E-state index in [-0.39, 0.29) is 28.1 Å². The van der Waals surface area contributed by atoms with E-state index in [0.717, 1.165) is 27.8 Å². The predicted octanol–water partition coefficient (Wildman–Crippen LogP) is 6.21. The number of hydrogen-bond acceptors (Lipinski definition) is 6. The molecule has 38 heavy (non-hydrogen) atoms. The van der Waals surface area contributed by atoms with E-state index >= 15 is 0 Å². The summed E-state index contributed by atoms with van der Waals surface area (Å²) in [5.74, 6) is 11.4. The van der Waals surface area contributed by atoms with Crippen LogP contribution in [0, 0.1) is 49.8 Å². The van der Waals surface area contributed by atoms with Crippen molar-refractivity contribution in [2.24, 2.45) is 5.92 Å². The molecule has 0 spiro atoms. The van der Waals surface area contributed by atoms with Gasteiger partial charge in [0, 0.05) is 57.4 Å². The standard InChI is InChI=1S/C30H24N2O5S/c1-21(33)38-26-15-11-23(12-16-26)8-10-25-14-18-28(30(20-25)32(36)37)27-17-13-24(19-29(27)31(34)35)9-7-22-5-3-2-4-6-22/h2-6,11-13,15-17,19,25,28,30H,14,18,20H2,1H3/t25-,28?,30?/m1/s1. The van der Waals surface area contributed by atoms with Crippen LogP contribution in [0.1, 0.15) is 54.4 Å². The van der Waals surface area contributed by atoms with Crippen LogP contribution in [0.25, 0.3) is 0 Å². The van der Waals surface area contributed by atoms with Gasteiger partial charge in [-0.3, -0.25) is 25.0 Å². The molecule has 3 aromatic rings. The second kappa shape index (κ2) is 12.2. The van der Waals surface area contributed by atoms with Crippen LogP contribution in [0.4, 0.5) is 5.69 Å². The Balaban J connectivity index is 1.53. The summed E-state index contributed by atoms with van der Waals surface area (Å²) in [6, 6.07) is 20.3. The summed E-state index contributed by atoms with van der Waals surface area (Å²) in [4.78, 5) is 35.2. The molecule has 3 atom stereocenters. The van der Waals surface area contributed by atoms with Gasteiger partial charge in [-0.1, -0.05) is 59.7 Å². The fourth-order valence-electron chi connectivity index (χ4n) is 4.59. The van der Waals surface area contributed by atoms with Gasteiger partial charge in [0.1, 0.15) is 0 Å². The van der Waals surface area contributed by atoms with Crippen molar-refractivity contribution >= 4 is 22.6 Å². The van der Waals surface area contributed by atoms with Gasteiger partial charge < -0.3 is 0 Å². The maximum absolute atomic E-state index is 12.0. The molecule has 0 saturated heterocycles. The molecular weight excluding hydrogens is 500 g/mol. The van der Waals surface area contributed by atoms with Gasteiger partial charge in [-0.25, -0.2) is 0 Å². The van der Waals surface area contributed by atoms with E-state index in [9.17, 15) is 25.0 Å². The van der Waals surface area contributed by atoms with E-state index in [2.05, 4.69) is 23.7 Å². The summed E-state index contributed by atoms with van der Waals surface area (Å²) >= 11 is 1.14. The van der Waals surface area contributed by atoms with Crippen LogP contribution in [-0.4, -0.2) is 21.0 Å². The number of nitro benzene ring substituents is 1. The van der Waals surface area contributed by atoms with Crippen LogP contribution in [0.2, 0.25) is 0 Å². The maximum Gasteiger partial charge on any atom is 0.274 e. The first-order chi connectivity index (χ1) is 18.3. The highest BCUT2D eigenvalue weighted by Gasteiger charge is 2.41. The summed E-state index contributed by atoms with van der Waals surface area (Å²) < 4.78 is 0. The molecule has 8 heteroatoms. The number of carbonyl (C=O) groups excluding carboxylic acids is 1. The monoisotopic (exact) mass is 524 g/mol. The fourth-order valence-corrected chi connectivity index (χ4v) is 5.19. The third-order valence-corrected chi connectivity index (χ3v) is 7.17. The van der Waals surface area contributed by atoms with E-state index in [1.54, 1.807) is 12.1 Å². The van der Waals surface area contributed by atoms with Gasteiger partial charge in [0.25, 0.3) is 5.69 Å². The van der Waals surface area contributed by atoms with Crippen LogP contribution >= 0.6 is 11.8 Å². The van der Waals surface area contributed by atoms with Crippen LogP contribution in [0.15, 0.2) is 77.7 Å². The lowest BCUT2D eigenvalue weighted by Crippen LogP contribution is -2.34. The molecule has 1 aliphatic rings. The minimum atomic E-state index is -0.975. The number of rotatable bonds is 4. The van der Waals surface area contributed by atoms with Crippen molar-refractivity contribution in [3.05, 3.63) is 115 Å². The van der Waals surface area contributed by atoms with E-state index in [0.29, 0.717) is 24.0 Å². The minimum Gasteiger partial charge on any atom is -0.287 e. The Morgan fingerprint density at radius 2 is 1.53 bits per heavy atom. The summed E-state index contributed by atoms with van der Waals surface area (Å²) in [5, 5.41) is 23.9. The van der Waals surface area contributed by atoms with Gasteiger partial charge in [0.15, 0.2) is 5.12 Å². The van der Waals surface area contributed by atoms with E-state index in [4.69, 9.17) is 0 Å². The first-order valence-electron chi connectivity index (χ1n) is 12.1. The molecule has 0 heterocycles. The molecule has 0 amide bonds. The third-order valence-electron chi connectivity index (χ3n) is 6.38. The van der Waals surface area contributed by atoms with Gasteiger partial charge in [-0.15, -0.1) is 0 Å². The second-order valence-corrected chi connectivity index (χ2v) is 10.3. The number of nitro groups is 2. The summed E-state index contributed by atoms with van der Waals surface area (Å²) in [7, 11) is 0. The zero-order valence-electron chi connectivity index (χ0n) is 20.6. The van der Waals surface area contributed by atoms with Crippen molar-refractivity contribution in [3.63, 3.8) is 0 Å². The molecule has 1 aliphatic carbocycles. The van der Waals surface area contributed by atoms with Crippen molar-refractivity contribution in [2.75, 3.05) is 0 Å². The molecule has 1 fully saturated rings. The van der Waals surface area contributed by atoms with Gasteiger partial charge in [0.05, 0.1) is 10.8 Å². The fraction of sp³-hybridized carbons (Fsp3) is 0.233. The molecule has 0 N–H and O–H groups in total. The van der Waals surface area contributed by atoms with Gasteiger partial charge >= 0.3 is 0 Å². The van der Waals surface area contributed by atoms with Gasteiger partial charge in [0.2, 0.25) is 6.04 Å². The average Bonchev–Trinajstić information content (AvgIpc) is 2.91. The van der Waals surface area contributed by atoms with Gasteiger partial charge in [-0.05, 0) is 55.3 Å². The van der Waals surface area contributed by atoms with Crippen molar-refractivity contribution in [3.8, 4) is 23.7 Å². The van der Waals surface area contributed by atoms with Crippen LogP contribution < -0.4 is 0 Å². The predicted molar refractivity (Wildman–Crippen MR) is 146 cm³/mol. The Morgan fingerprint density at radius 1 is 0.868 bits per heavy atom. The highest BCUT2D eigenvalue weighted by atomic mass is 32.2. The third kappa shape index (κ3) is 6.88. The van der Waals surface area contributed by atoms with Crippen molar-refractivity contribution < 1.29 is 14.6 Å². The number of hydrogen-bond donors (Lipinski definition) is 0. The molecule has 0 bridgehead atoms. The number of carbonyl (C=O) groups is 1. The maximum atomic E-state index is 12.0. The minimum absolute atomic E-state index is 0.00130. The van der Waals surface area contributed by atoms with Crippen molar-refractivity contribution in [2.45, 2.75) is 43.0 Å². The lowest BCUT2D eigenvalue weighted by Gasteiger charge is -2.28. The largest absolute Gasteiger partial charge is 0.287 e. The average molecular weight is 525 g/mol. The lowest BCUT2D eigenvalue weighted by atomic mass is 9.75. The SMILES string of the molecule is CC(=O)Sc1ccc(C#C[C@@H]2CCC(c3ccc(C#Cc4ccccc4)cc3[N+](=O)[O-])C([N+](=O)[O-])C2)cc1. The highest BCUT2D eigenvalue weighted by Crippen LogP contribution is 2.41. The van der Waals surface area contributed by atoms with Gasteiger partial charge in [-0.2, -0.15) is 0 Å². The Morgan fingerprint density at radius 3 is 2.18 bits per heavy atom. The molecule has 0 aliphatic heterocycles. The number of benzene rings is 3. The Bertz CT molecular complexity index is 1480. The molecular formula is C30H24N2O5S. The molecule has 4 rings (SSSR count). The number of thioether (sulfide) groups is 1. The summed E-state index contributed by atoms with van der Waals surface area (Å²) in [6.07, 6.45) is 1.25. The quantitative estimate of drug-likeness (QED) is 0.174. The Hall–Kier alpha value is -4.40. The van der Waals surface area contributed by atoms with E-state index in [1.807, 2.05) is 54.6 Å². The first-order valence-corrected chi connectivity index (χ1v) is 12.9. The van der Waals surface area contributed by atoms with Crippen LogP contribution in [0.5, 0.6) is 0 Å². The Labute approximate surface area is 225 Å². The molecule has 0 aromatic heterocycles. The Kier molecular flexibility index (Phi) is 8.58. The second-order valence-electron chi connectivity index (χ2n) is 9.00. The zero-order valence-corrected chi connectivity index (χ0v) is 21.4. The van der Waals surface area contributed by atoms with Crippen molar-refractivity contribution in [1.82, 2.24) is 0 Å². The van der Waals surface area contributed by atoms with E-state index in [1.165, 1.54) is 13.0 Å². The summed E-state index contributed by atoms with van der Waals surface area (Å²) in [6.45, 7) is 1.50. The molecule has 7 nitrogen and oxygen atoms in total. The molecule has 190 valence electrons. The topological polar surface area (TPSA) is 103 Å². The van der Waals surface area contributed by atoms with Crippen LogP contribution in [-0.2, 0) is 4.79 Å². The molecule has 1 saturated carbocycles. The molecule has 3 aromatic carbocycles. The lowest BCUT2D eigenvalue weighted by molar-refractivity contribution is -0.531. The molecule has 0 radical (unpaired) electrons. The molecule has 2 unspecified atom stereocenters. The van der Waals surface area contributed by atoms with Crippen LogP contribution in [0.3, 0.4) is 0 Å². The zero-order chi connectivity index (χ0) is 27.1. The van der Waals surface area contributed by atoms with Crippen molar-refractivity contribution in [1.29, 1.82) is 0 Å². The normalized spacial score (nSPS) is 18.3. The number of nitrogens with zero attached hydrogens (tertiary/aromatic N) is 2. The highest BCUT2D eigenvalue weighted by molar-refractivity contribution is 8.13. The van der Waals surface area contributed by atoms with E-state index < -0.39 is 16.9 Å². The summed E-state index contributed by atoms with van der Waals surface area (Å²) in [5.41, 5.74) is 2.26. The first kappa shape index (κ1) is 26.7.